The largest absolute Gasteiger partial charge is 0.497 e. The topological polar surface area (TPSA) is 82.4 Å². The molecule has 0 saturated carbocycles. The van der Waals surface area contributed by atoms with Crippen LogP contribution in [0.25, 0.3) is 11.3 Å². The van der Waals surface area contributed by atoms with Gasteiger partial charge in [-0.25, -0.2) is 9.07 Å². The van der Waals surface area contributed by atoms with Crippen LogP contribution in [-0.4, -0.2) is 35.9 Å². The minimum absolute atomic E-state index is 0.149. The summed E-state index contributed by atoms with van der Waals surface area (Å²) >= 11 is 0. The van der Waals surface area contributed by atoms with Gasteiger partial charge in [-0.15, -0.1) is 0 Å². The smallest absolute Gasteiger partial charge is 0.266 e. The van der Waals surface area contributed by atoms with Crippen molar-refractivity contribution in [2.75, 3.05) is 20.3 Å². The van der Waals surface area contributed by atoms with Gasteiger partial charge in [-0.2, -0.15) is 5.10 Å². The van der Waals surface area contributed by atoms with Gasteiger partial charge in [0, 0.05) is 18.2 Å². The van der Waals surface area contributed by atoms with Gasteiger partial charge < -0.3 is 14.8 Å². The van der Waals surface area contributed by atoms with Crippen molar-refractivity contribution in [2.24, 2.45) is 0 Å². The van der Waals surface area contributed by atoms with Crippen molar-refractivity contribution >= 4 is 5.91 Å². The molecule has 1 heterocycles. The lowest BCUT2D eigenvalue weighted by atomic mass is 10.1. The Balaban J connectivity index is 1.51. The van der Waals surface area contributed by atoms with Gasteiger partial charge in [0.1, 0.15) is 17.3 Å². The molecule has 3 rings (SSSR count). The standard InChI is InChI=1S/C21H20FN3O4/c1-28-17-6-8-18(9-7-17)29-14-20(26)23-12-13-25-21(27)11-10-19(24-25)15-2-4-16(22)5-3-15/h2-11H,12-14H2,1H3,(H,23,26). The second kappa shape index (κ2) is 9.50. The van der Waals surface area contributed by atoms with Crippen LogP contribution in [0, 0.1) is 5.82 Å². The number of rotatable bonds is 8. The highest BCUT2D eigenvalue weighted by Crippen LogP contribution is 2.17. The van der Waals surface area contributed by atoms with Crippen molar-refractivity contribution in [3.8, 4) is 22.8 Å². The minimum Gasteiger partial charge on any atom is -0.497 e. The zero-order valence-corrected chi connectivity index (χ0v) is 15.8. The van der Waals surface area contributed by atoms with Crippen molar-refractivity contribution in [3.63, 3.8) is 0 Å². The normalized spacial score (nSPS) is 10.4. The number of nitrogens with one attached hydrogen (secondary N) is 1. The highest BCUT2D eigenvalue weighted by atomic mass is 19.1. The van der Waals surface area contributed by atoms with E-state index in [0.717, 1.165) is 0 Å². The second-order valence-electron chi connectivity index (χ2n) is 6.10. The third-order valence-corrected chi connectivity index (χ3v) is 4.08. The molecule has 2 aromatic carbocycles. The third-order valence-electron chi connectivity index (χ3n) is 4.08. The van der Waals surface area contributed by atoms with Gasteiger partial charge in [-0.3, -0.25) is 9.59 Å². The first kappa shape index (κ1) is 20.1. The van der Waals surface area contributed by atoms with Crippen molar-refractivity contribution < 1.29 is 18.7 Å². The Hall–Kier alpha value is -3.68. The number of carbonyl (C=O) groups excluding carboxylic acids is 1. The van der Waals surface area contributed by atoms with Gasteiger partial charge in [0.05, 0.1) is 19.3 Å². The van der Waals surface area contributed by atoms with Gasteiger partial charge in [0.25, 0.3) is 11.5 Å². The lowest BCUT2D eigenvalue weighted by molar-refractivity contribution is -0.123. The number of aromatic nitrogens is 2. The summed E-state index contributed by atoms with van der Waals surface area (Å²) in [5.41, 5.74) is 0.940. The third kappa shape index (κ3) is 5.65. The Labute approximate surface area is 166 Å². The Bertz CT molecular complexity index is 1020. The molecule has 0 radical (unpaired) electrons. The molecule has 0 saturated heterocycles. The van der Waals surface area contributed by atoms with Gasteiger partial charge >= 0.3 is 0 Å². The van der Waals surface area contributed by atoms with E-state index in [1.165, 1.54) is 22.9 Å². The molecule has 7 nitrogen and oxygen atoms in total. The minimum atomic E-state index is -0.346. The maximum absolute atomic E-state index is 13.1. The van der Waals surface area contributed by atoms with Crippen LogP contribution in [-0.2, 0) is 11.3 Å². The number of hydrogen-bond acceptors (Lipinski definition) is 5. The van der Waals surface area contributed by atoms with Crippen molar-refractivity contribution in [2.45, 2.75) is 6.54 Å². The molecular weight excluding hydrogens is 377 g/mol. The predicted molar refractivity (Wildman–Crippen MR) is 105 cm³/mol. The van der Waals surface area contributed by atoms with Crippen LogP contribution in [0.4, 0.5) is 4.39 Å². The van der Waals surface area contributed by atoms with Crippen LogP contribution in [0.1, 0.15) is 0 Å². The van der Waals surface area contributed by atoms with Gasteiger partial charge in [0.15, 0.2) is 6.61 Å². The zero-order chi connectivity index (χ0) is 20.6. The summed E-state index contributed by atoms with van der Waals surface area (Å²) in [6.07, 6.45) is 0. The lowest BCUT2D eigenvalue weighted by Crippen LogP contribution is -2.34. The molecule has 1 aromatic heterocycles. The lowest BCUT2D eigenvalue weighted by Gasteiger charge is -2.10. The van der Waals surface area contributed by atoms with E-state index in [9.17, 15) is 14.0 Å². The van der Waals surface area contributed by atoms with E-state index >= 15 is 0 Å². The molecule has 0 aliphatic heterocycles. The molecule has 3 aromatic rings. The van der Waals surface area contributed by atoms with Crippen LogP contribution in [0.2, 0.25) is 0 Å². The van der Waals surface area contributed by atoms with E-state index in [-0.39, 0.29) is 37.0 Å². The first-order chi connectivity index (χ1) is 14.0. The summed E-state index contributed by atoms with van der Waals surface area (Å²) in [5, 5.41) is 6.95. The van der Waals surface area contributed by atoms with Crippen molar-refractivity contribution in [1.29, 1.82) is 0 Å². The first-order valence-electron chi connectivity index (χ1n) is 8.93. The molecular formula is C21H20FN3O4. The Morgan fingerprint density at radius 1 is 1.03 bits per heavy atom. The second-order valence-corrected chi connectivity index (χ2v) is 6.10. The number of ether oxygens (including phenoxy) is 2. The summed E-state index contributed by atoms with van der Waals surface area (Å²) in [6.45, 7) is 0.261. The number of nitrogens with zero attached hydrogens (tertiary/aromatic N) is 2. The maximum Gasteiger partial charge on any atom is 0.266 e. The number of carbonyl (C=O) groups is 1. The van der Waals surface area contributed by atoms with Crippen LogP contribution in [0.15, 0.2) is 65.5 Å². The van der Waals surface area contributed by atoms with Crippen LogP contribution < -0.4 is 20.3 Å². The predicted octanol–water partition coefficient (Wildman–Crippen LogP) is 2.25. The fourth-order valence-corrected chi connectivity index (χ4v) is 2.56. The molecule has 150 valence electrons. The molecule has 0 unspecified atom stereocenters. The van der Waals surface area contributed by atoms with Crippen LogP contribution in [0.3, 0.4) is 0 Å². The highest BCUT2D eigenvalue weighted by Gasteiger charge is 2.06. The molecule has 0 atom stereocenters. The van der Waals surface area contributed by atoms with E-state index in [1.807, 2.05) is 0 Å². The molecule has 0 bridgehead atoms. The van der Waals surface area contributed by atoms with Gasteiger partial charge in [-0.1, -0.05) is 0 Å². The zero-order valence-electron chi connectivity index (χ0n) is 15.8. The molecule has 0 spiro atoms. The van der Waals surface area contributed by atoms with E-state index in [2.05, 4.69) is 10.4 Å². The quantitative estimate of drug-likeness (QED) is 0.631. The summed E-state index contributed by atoms with van der Waals surface area (Å²) < 4.78 is 24.8. The average molecular weight is 397 g/mol. The summed E-state index contributed by atoms with van der Waals surface area (Å²) in [4.78, 5) is 23.9. The SMILES string of the molecule is COc1ccc(OCC(=O)NCCn2nc(-c3ccc(F)cc3)ccc2=O)cc1. The Morgan fingerprint density at radius 3 is 2.41 bits per heavy atom. The average Bonchev–Trinajstić information content (AvgIpc) is 2.74. The molecule has 29 heavy (non-hydrogen) atoms. The van der Waals surface area contributed by atoms with Gasteiger partial charge in [-0.05, 0) is 54.6 Å². The van der Waals surface area contributed by atoms with E-state index in [0.29, 0.717) is 22.8 Å². The molecule has 0 aliphatic rings. The molecule has 1 N–H and O–H groups in total. The van der Waals surface area contributed by atoms with E-state index in [1.54, 1.807) is 49.6 Å². The first-order valence-corrected chi connectivity index (χ1v) is 8.93. The fourth-order valence-electron chi connectivity index (χ4n) is 2.56. The molecule has 0 fully saturated rings. The number of halogens is 1. The van der Waals surface area contributed by atoms with E-state index < -0.39 is 0 Å². The van der Waals surface area contributed by atoms with Gasteiger partial charge in [0.2, 0.25) is 0 Å². The Morgan fingerprint density at radius 2 is 1.72 bits per heavy atom. The van der Waals surface area contributed by atoms with Crippen LogP contribution >= 0.6 is 0 Å². The fraction of sp³-hybridized carbons (Fsp3) is 0.190. The number of amides is 1. The van der Waals surface area contributed by atoms with Crippen molar-refractivity contribution in [3.05, 3.63) is 76.8 Å². The molecule has 8 heteroatoms. The maximum atomic E-state index is 13.1. The molecule has 1 amide bonds. The van der Waals surface area contributed by atoms with Crippen LogP contribution in [0.5, 0.6) is 11.5 Å². The van der Waals surface area contributed by atoms with E-state index in [4.69, 9.17) is 9.47 Å². The summed E-state index contributed by atoms with van der Waals surface area (Å²) in [7, 11) is 1.57. The summed E-state index contributed by atoms with van der Waals surface area (Å²) in [6, 6.07) is 15.7. The molecule has 0 aliphatic carbocycles. The summed E-state index contributed by atoms with van der Waals surface area (Å²) in [5.74, 6) is 0.582. The Kier molecular flexibility index (Phi) is 6.57. The van der Waals surface area contributed by atoms with Crippen molar-refractivity contribution in [1.82, 2.24) is 15.1 Å². The number of benzene rings is 2. The monoisotopic (exact) mass is 397 g/mol. The number of methoxy groups -OCH3 is 1. The number of hydrogen-bond donors (Lipinski definition) is 1. The highest BCUT2D eigenvalue weighted by molar-refractivity contribution is 5.77.